The molecule has 2 aromatic rings. The molecule has 3 heteroatoms. The molecule has 0 spiro atoms. The lowest BCUT2D eigenvalue weighted by molar-refractivity contribution is -0.144. The number of aliphatic carboxylic acids is 1. The Kier molecular flexibility index (Phi) is 2.56. The van der Waals surface area contributed by atoms with Gasteiger partial charge in [0.15, 0.2) is 0 Å². The molecule has 3 nitrogen and oxygen atoms in total. The van der Waals surface area contributed by atoms with Gasteiger partial charge in [-0.3, -0.25) is 5.32 Å². The van der Waals surface area contributed by atoms with E-state index in [1.165, 1.54) is 0 Å². The highest BCUT2D eigenvalue weighted by molar-refractivity contribution is 5.93. The largest absolute Gasteiger partial charge is 0.480 e. The van der Waals surface area contributed by atoms with Crippen molar-refractivity contribution in [1.29, 1.82) is 0 Å². The molecule has 92 valence electrons. The zero-order chi connectivity index (χ0) is 12.6. The summed E-state index contributed by atoms with van der Waals surface area (Å²) in [6.07, 6.45) is 1.55. The Hall–Kier alpha value is -1.87. The summed E-state index contributed by atoms with van der Waals surface area (Å²) in [5.74, 6) is -0.781. The van der Waals surface area contributed by atoms with E-state index < -0.39 is 11.5 Å². The molecular weight excluding hydrogens is 226 g/mol. The van der Waals surface area contributed by atoms with Crippen LogP contribution in [-0.4, -0.2) is 17.6 Å². The molecule has 0 radical (unpaired) electrons. The minimum atomic E-state index is -0.916. The van der Waals surface area contributed by atoms with Gasteiger partial charge in [0.1, 0.15) is 5.54 Å². The first kappa shape index (κ1) is 11.2. The molecule has 0 aromatic heterocycles. The number of benzene rings is 2. The summed E-state index contributed by atoms with van der Waals surface area (Å²) in [6.45, 7) is 0.759. The molecule has 1 aliphatic rings. The number of carboxylic acid groups (broad SMARTS) is 1. The lowest BCUT2D eigenvalue weighted by atomic mass is 9.85. The lowest BCUT2D eigenvalue weighted by Gasteiger charge is -2.26. The molecule has 1 fully saturated rings. The summed E-state index contributed by atoms with van der Waals surface area (Å²) >= 11 is 0. The van der Waals surface area contributed by atoms with Crippen LogP contribution in [0.1, 0.15) is 18.4 Å². The standard InChI is InChI=1S/C15H15NO2/c17-14(18)15(9-4-10-16-15)13-8-3-6-11-5-1-2-7-12(11)13/h1-3,5-8,16H,4,9-10H2,(H,17,18)/t15-/m1/s1. The Balaban J connectivity index is 2.27. The minimum Gasteiger partial charge on any atom is -0.480 e. The van der Waals surface area contributed by atoms with E-state index in [4.69, 9.17) is 0 Å². The van der Waals surface area contributed by atoms with Crippen molar-refractivity contribution in [3.8, 4) is 0 Å². The maximum Gasteiger partial charge on any atom is 0.328 e. The van der Waals surface area contributed by atoms with Gasteiger partial charge in [0.05, 0.1) is 0 Å². The van der Waals surface area contributed by atoms with Crippen LogP contribution in [0.2, 0.25) is 0 Å². The predicted octanol–water partition coefficient (Wildman–Crippen LogP) is 2.50. The van der Waals surface area contributed by atoms with Gasteiger partial charge in [-0.2, -0.15) is 0 Å². The van der Waals surface area contributed by atoms with E-state index in [1.54, 1.807) is 0 Å². The Morgan fingerprint density at radius 2 is 1.94 bits per heavy atom. The zero-order valence-corrected chi connectivity index (χ0v) is 10.0. The van der Waals surface area contributed by atoms with Crippen LogP contribution >= 0.6 is 0 Å². The van der Waals surface area contributed by atoms with E-state index >= 15 is 0 Å². The number of nitrogens with one attached hydrogen (secondary N) is 1. The van der Waals surface area contributed by atoms with Gasteiger partial charge in [-0.25, -0.2) is 4.79 Å². The topological polar surface area (TPSA) is 49.3 Å². The van der Waals surface area contributed by atoms with Crippen LogP contribution in [0.25, 0.3) is 10.8 Å². The Labute approximate surface area is 105 Å². The van der Waals surface area contributed by atoms with Crippen molar-refractivity contribution in [2.24, 2.45) is 0 Å². The molecule has 1 heterocycles. The maximum absolute atomic E-state index is 11.7. The smallest absolute Gasteiger partial charge is 0.328 e. The van der Waals surface area contributed by atoms with Gasteiger partial charge in [-0.15, -0.1) is 0 Å². The summed E-state index contributed by atoms with van der Waals surface area (Å²) in [5.41, 5.74) is -0.0356. The molecule has 3 rings (SSSR count). The average molecular weight is 241 g/mol. The minimum absolute atomic E-state index is 0.649. The highest BCUT2D eigenvalue weighted by atomic mass is 16.4. The number of carbonyl (C=O) groups is 1. The molecule has 18 heavy (non-hydrogen) atoms. The van der Waals surface area contributed by atoms with Gasteiger partial charge >= 0.3 is 5.97 Å². The second kappa shape index (κ2) is 4.10. The van der Waals surface area contributed by atoms with Crippen LogP contribution in [0.3, 0.4) is 0 Å². The van der Waals surface area contributed by atoms with Gasteiger partial charge in [-0.05, 0) is 35.7 Å². The summed E-state index contributed by atoms with van der Waals surface area (Å²) < 4.78 is 0. The fourth-order valence-electron chi connectivity index (χ4n) is 2.87. The lowest BCUT2D eigenvalue weighted by Crippen LogP contribution is -2.44. The quantitative estimate of drug-likeness (QED) is 0.849. The molecule has 2 N–H and O–H groups in total. The van der Waals surface area contributed by atoms with Crippen LogP contribution in [0.15, 0.2) is 42.5 Å². The second-order valence-electron chi connectivity index (χ2n) is 4.77. The Bertz CT molecular complexity index is 595. The monoisotopic (exact) mass is 241 g/mol. The van der Waals surface area contributed by atoms with Crippen molar-refractivity contribution in [2.75, 3.05) is 6.54 Å². The van der Waals surface area contributed by atoms with Crippen LogP contribution in [0, 0.1) is 0 Å². The Morgan fingerprint density at radius 3 is 2.67 bits per heavy atom. The summed E-state index contributed by atoms with van der Waals surface area (Å²) in [7, 11) is 0. The highest BCUT2D eigenvalue weighted by Crippen LogP contribution is 2.35. The van der Waals surface area contributed by atoms with E-state index in [9.17, 15) is 9.90 Å². The number of rotatable bonds is 2. The first-order valence-corrected chi connectivity index (χ1v) is 6.21. The Morgan fingerprint density at radius 1 is 1.17 bits per heavy atom. The fourth-order valence-corrected chi connectivity index (χ4v) is 2.87. The first-order chi connectivity index (χ1) is 8.74. The number of hydrogen-bond acceptors (Lipinski definition) is 2. The fraction of sp³-hybridized carbons (Fsp3) is 0.267. The summed E-state index contributed by atoms with van der Waals surface area (Å²) in [6, 6.07) is 13.8. The van der Waals surface area contributed by atoms with E-state index in [-0.39, 0.29) is 0 Å². The molecular formula is C15H15NO2. The predicted molar refractivity (Wildman–Crippen MR) is 70.5 cm³/mol. The van der Waals surface area contributed by atoms with Crippen LogP contribution in [0.4, 0.5) is 0 Å². The third kappa shape index (κ3) is 1.51. The third-order valence-corrected chi connectivity index (χ3v) is 3.77. The first-order valence-electron chi connectivity index (χ1n) is 6.21. The number of hydrogen-bond donors (Lipinski definition) is 2. The van der Waals surface area contributed by atoms with Crippen molar-refractivity contribution in [1.82, 2.24) is 5.32 Å². The number of carboxylic acids is 1. The molecule has 1 atom stereocenters. The third-order valence-electron chi connectivity index (χ3n) is 3.77. The average Bonchev–Trinajstić information content (AvgIpc) is 2.88. The molecule has 1 saturated heterocycles. The number of fused-ring (bicyclic) bond motifs is 1. The summed E-state index contributed by atoms with van der Waals surface area (Å²) in [5, 5.41) is 14.9. The van der Waals surface area contributed by atoms with E-state index in [1.807, 2.05) is 42.5 Å². The van der Waals surface area contributed by atoms with Crippen molar-refractivity contribution in [3.63, 3.8) is 0 Å². The summed E-state index contributed by atoms with van der Waals surface area (Å²) in [4.78, 5) is 11.7. The van der Waals surface area contributed by atoms with Crippen LogP contribution in [0.5, 0.6) is 0 Å². The van der Waals surface area contributed by atoms with Crippen molar-refractivity contribution >= 4 is 16.7 Å². The zero-order valence-electron chi connectivity index (χ0n) is 10.0. The van der Waals surface area contributed by atoms with Gasteiger partial charge in [-0.1, -0.05) is 42.5 Å². The van der Waals surface area contributed by atoms with Crippen LogP contribution in [-0.2, 0) is 10.3 Å². The van der Waals surface area contributed by atoms with Gasteiger partial charge in [0.25, 0.3) is 0 Å². The van der Waals surface area contributed by atoms with Crippen molar-refractivity contribution in [2.45, 2.75) is 18.4 Å². The van der Waals surface area contributed by atoms with Crippen LogP contribution < -0.4 is 5.32 Å². The van der Waals surface area contributed by atoms with E-state index in [0.717, 1.165) is 29.3 Å². The van der Waals surface area contributed by atoms with Crippen molar-refractivity contribution < 1.29 is 9.90 Å². The molecule has 2 aromatic carbocycles. The van der Waals surface area contributed by atoms with Gasteiger partial charge < -0.3 is 5.11 Å². The molecule has 0 bridgehead atoms. The SMILES string of the molecule is O=C(O)[C@]1(c2cccc3ccccc23)CCCN1. The molecule has 0 unspecified atom stereocenters. The van der Waals surface area contributed by atoms with Gasteiger partial charge in [0, 0.05) is 0 Å². The van der Waals surface area contributed by atoms with Crippen molar-refractivity contribution in [3.05, 3.63) is 48.0 Å². The maximum atomic E-state index is 11.7. The second-order valence-corrected chi connectivity index (χ2v) is 4.77. The van der Waals surface area contributed by atoms with Gasteiger partial charge in [0.2, 0.25) is 0 Å². The molecule has 1 aliphatic heterocycles. The normalized spacial score (nSPS) is 23.3. The van der Waals surface area contributed by atoms with E-state index in [2.05, 4.69) is 5.32 Å². The highest BCUT2D eigenvalue weighted by Gasteiger charge is 2.43. The molecule has 0 aliphatic carbocycles. The molecule has 0 amide bonds. The van der Waals surface area contributed by atoms with E-state index in [0.29, 0.717) is 6.42 Å². The molecule has 0 saturated carbocycles.